The summed E-state index contributed by atoms with van der Waals surface area (Å²) in [6, 6.07) is 10.1. The predicted octanol–water partition coefficient (Wildman–Crippen LogP) is 2.77. The lowest BCUT2D eigenvalue weighted by atomic mass is 9.97. The van der Waals surface area contributed by atoms with Crippen LogP contribution in [-0.4, -0.2) is 56.6 Å². The van der Waals surface area contributed by atoms with E-state index < -0.39 is 0 Å². The molecule has 1 fully saturated rings. The molecule has 4 rings (SSSR count). The molecule has 26 heavy (non-hydrogen) atoms. The Bertz CT molecular complexity index is 842. The van der Waals surface area contributed by atoms with Gasteiger partial charge in [0.1, 0.15) is 5.82 Å². The predicted molar refractivity (Wildman–Crippen MR) is 103 cm³/mol. The lowest BCUT2D eigenvalue weighted by molar-refractivity contribution is 0.193. The third kappa shape index (κ3) is 3.76. The molecule has 0 radical (unpaired) electrons. The summed E-state index contributed by atoms with van der Waals surface area (Å²) in [5.41, 5.74) is 1.05. The van der Waals surface area contributed by atoms with Crippen molar-refractivity contribution in [2.75, 3.05) is 32.1 Å². The van der Waals surface area contributed by atoms with Gasteiger partial charge in [0.05, 0.1) is 6.54 Å². The van der Waals surface area contributed by atoms with E-state index in [9.17, 15) is 0 Å². The summed E-state index contributed by atoms with van der Waals surface area (Å²) in [6.45, 7) is 2.83. The number of piperidine rings is 1. The van der Waals surface area contributed by atoms with Crippen LogP contribution in [0.5, 0.6) is 0 Å². The van der Waals surface area contributed by atoms with Crippen molar-refractivity contribution in [3.05, 3.63) is 42.0 Å². The Labute approximate surface area is 157 Å². The van der Waals surface area contributed by atoms with Gasteiger partial charge in [0.15, 0.2) is 11.6 Å². The number of hydrogen-bond acceptors (Lipinski definition) is 7. The van der Waals surface area contributed by atoms with E-state index in [4.69, 9.17) is 4.98 Å². The van der Waals surface area contributed by atoms with E-state index in [0.717, 1.165) is 60.6 Å². The zero-order chi connectivity index (χ0) is 17.9. The second-order valence-electron chi connectivity index (χ2n) is 6.87. The van der Waals surface area contributed by atoms with E-state index in [1.54, 1.807) is 0 Å². The summed E-state index contributed by atoms with van der Waals surface area (Å²) in [7, 11) is 3.99. The van der Waals surface area contributed by atoms with Gasteiger partial charge in [-0.3, -0.25) is 10.00 Å². The summed E-state index contributed by atoms with van der Waals surface area (Å²) in [5, 5.41) is 8.52. The molecule has 7 nitrogen and oxygen atoms in total. The lowest BCUT2D eigenvalue weighted by Gasteiger charge is -2.30. The average molecular weight is 369 g/mol. The van der Waals surface area contributed by atoms with Gasteiger partial charge in [-0.15, -0.1) is 0 Å². The van der Waals surface area contributed by atoms with Crippen molar-refractivity contribution in [1.29, 1.82) is 0 Å². The smallest absolute Gasteiger partial charge is 0.204 e. The molecule has 0 spiro atoms. The summed E-state index contributed by atoms with van der Waals surface area (Å²) in [6.07, 6.45) is 2.28. The highest BCUT2D eigenvalue weighted by molar-refractivity contribution is 7.09. The van der Waals surface area contributed by atoms with E-state index in [1.165, 1.54) is 11.5 Å². The number of aromatic nitrogens is 5. The van der Waals surface area contributed by atoms with Crippen molar-refractivity contribution in [3.63, 3.8) is 0 Å². The van der Waals surface area contributed by atoms with Crippen LogP contribution in [0, 0.1) is 0 Å². The van der Waals surface area contributed by atoms with Crippen LogP contribution in [-0.2, 0) is 6.54 Å². The van der Waals surface area contributed by atoms with Gasteiger partial charge >= 0.3 is 0 Å². The quantitative estimate of drug-likeness (QED) is 0.745. The van der Waals surface area contributed by atoms with Gasteiger partial charge in [-0.1, -0.05) is 30.3 Å². The number of nitrogens with one attached hydrogen (secondary N) is 1. The number of benzene rings is 1. The number of hydrogen-bond donors (Lipinski definition) is 1. The SMILES string of the molecule is CN(C)c1nc(CN2CCC[C@H](c3nc(-c4ccccc4)n[nH]3)C2)ns1. The van der Waals surface area contributed by atoms with Crippen molar-refractivity contribution < 1.29 is 0 Å². The minimum absolute atomic E-state index is 0.376. The Balaban J connectivity index is 1.42. The van der Waals surface area contributed by atoms with Gasteiger partial charge < -0.3 is 4.90 Å². The van der Waals surface area contributed by atoms with E-state index in [1.807, 2.05) is 49.3 Å². The number of rotatable bonds is 5. The minimum Gasteiger partial charge on any atom is -0.353 e. The summed E-state index contributed by atoms with van der Waals surface area (Å²) in [5.74, 6) is 3.03. The van der Waals surface area contributed by atoms with Crippen molar-refractivity contribution in [3.8, 4) is 11.4 Å². The number of H-pyrrole nitrogens is 1. The van der Waals surface area contributed by atoms with E-state index in [-0.39, 0.29) is 0 Å². The molecule has 2 aromatic heterocycles. The molecule has 1 atom stereocenters. The van der Waals surface area contributed by atoms with Crippen molar-refractivity contribution >= 4 is 16.7 Å². The molecule has 1 saturated heterocycles. The first-order valence-corrected chi connectivity index (χ1v) is 9.66. The number of likely N-dealkylation sites (tertiary alicyclic amines) is 1. The van der Waals surface area contributed by atoms with Crippen LogP contribution < -0.4 is 4.90 Å². The standard InChI is InChI=1S/C18H23N7S/c1-24(2)18-19-15(23-26-18)12-25-10-6-9-14(11-25)17-20-16(21-22-17)13-7-4-3-5-8-13/h3-5,7-8,14H,6,9-12H2,1-2H3,(H,20,21,22)/t14-/m0/s1. The zero-order valence-electron chi connectivity index (χ0n) is 15.1. The molecule has 1 aliphatic rings. The molecule has 1 aromatic carbocycles. The van der Waals surface area contributed by atoms with E-state index >= 15 is 0 Å². The van der Waals surface area contributed by atoms with Crippen LogP contribution in [0.1, 0.15) is 30.4 Å². The first-order valence-electron chi connectivity index (χ1n) is 8.89. The van der Waals surface area contributed by atoms with Crippen LogP contribution in [0.4, 0.5) is 5.13 Å². The van der Waals surface area contributed by atoms with Crippen LogP contribution in [0.3, 0.4) is 0 Å². The van der Waals surface area contributed by atoms with Crippen molar-refractivity contribution in [2.45, 2.75) is 25.3 Å². The molecule has 0 amide bonds. The molecular formula is C18H23N7S. The zero-order valence-corrected chi connectivity index (χ0v) is 15.9. The fraction of sp³-hybridized carbons (Fsp3) is 0.444. The van der Waals surface area contributed by atoms with Gasteiger partial charge in [-0.2, -0.15) is 9.47 Å². The molecule has 8 heteroatoms. The number of anilines is 1. The fourth-order valence-corrected chi connectivity index (χ4v) is 3.88. The minimum atomic E-state index is 0.376. The first kappa shape index (κ1) is 17.1. The van der Waals surface area contributed by atoms with Gasteiger partial charge in [0.2, 0.25) is 5.13 Å². The maximum atomic E-state index is 4.74. The Morgan fingerprint density at radius 2 is 2.08 bits per heavy atom. The second kappa shape index (κ2) is 7.51. The number of nitrogens with zero attached hydrogens (tertiary/aromatic N) is 6. The fourth-order valence-electron chi connectivity index (χ4n) is 3.29. The van der Waals surface area contributed by atoms with Crippen LogP contribution in [0.15, 0.2) is 30.3 Å². The molecule has 0 saturated carbocycles. The Morgan fingerprint density at radius 1 is 1.23 bits per heavy atom. The van der Waals surface area contributed by atoms with Crippen LogP contribution >= 0.6 is 11.5 Å². The molecule has 3 aromatic rings. The van der Waals surface area contributed by atoms with Crippen molar-refractivity contribution in [2.24, 2.45) is 0 Å². The van der Waals surface area contributed by atoms with Gasteiger partial charge in [-0.05, 0) is 19.4 Å². The highest BCUT2D eigenvalue weighted by Gasteiger charge is 2.25. The highest BCUT2D eigenvalue weighted by Crippen LogP contribution is 2.27. The topological polar surface area (TPSA) is 73.8 Å². The van der Waals surface area contributed by atoms with E-state index in [2.05, 4.69) is 24.5 Å². The van der Waals surface area contributed by atoms with Crippen molar-refractivity contribution in [1.82, 2.24) is 29.4 Å². The van der Waals surface area contributed by atoms with Gasteiger partial charge in [-0.25, -0.2) is 9.97 Å². The van der Waals surface area contributed by atoms with E-state index in [0.29, 0.717) is 5.92 Å². The lowest BCUT2D eigenvalue weighted by Crippen LogP contribution is -2.34. The third-order valence-corrected chi connectivity index (χ3v) is 5.55. The monoisotopic (exact) mass is 369 g/mol. The number of aromatic amines is 1. The first-order chi connectivity index (χ1) is 12.7. The summed E-state index contributed by atoms with van der Waals surface area (Å²) >= 11 is 1.45. The highest BCUT2D eigenvalue weighted by atomic mass is 32.1. The normalized spacial score (nSPS) is 18.2. The maximum absolute atomic E-state index is 4.74. The molecule has 1 aliphatic heterocycles. The molecular weight excluding hydrogens is 346 g/mol. The molecule has 0 bridgehead atoms. The van der Waals surface area contributed by atoms with Gasteiger partial charge in [0, 0.05) is 43.7 Å². The third-order valence-electron chi connectivity index (χ3n) is 4.63. The maximum Gasteiger partial charge on any atom is 0.204 e. The molecule has 0 unspecified atom stereocenters. The average Bonchev–Trinajstić information content (AvgIpc) is 3.32. The molecule has 136 valence electrons. The molecule has 1 N–H and O–H groups in total. The molecule has 0 aliphatic carbocycles. The Morgan fingerprint density at radius 3 is 2.85 bits per heavy atom. The van der Waals surface area contributed by atoms with Crippen LogP contribution in [0.2, 0.25) is 0 Å². The summed E-state index contributed by atoms with van der Waals surface area (Å²) < 4.78 is 4.48. The largest absolute Gasteiger partial charge is 0.353 e. The molecule has 3 heterocycles. The van der Waals surface area contributed by atoms with Crippen LogP contribution in [0.25, 0.3) is 11.4 Å². The summed E-state index contributed by atoms with van der Waals surface area (Å²) in [4.78, 5) is 13.8. The Hall–Kier alpha value is -2.32. The second-order valence-corrected chi connectivity index (χ2v) is 7.60. The van der Waals surface area contributed by atoms with Gasteiger partial charge in [0.25, 0.3) is 0 Å². The Kier molecular flexibility index (Phi) is 4.94.